The topological polar surface area (TPSA) is 9.72 Å². The van der Waals surface area contributed by atoms with Crippen molar-refractivity contribution in [3.05, 3.63) is 189 Å². The second-order valence-electron chi connectivity index (χ2n) is 35.6. The van der Waals surface area contributed by atoms with Crippen molar-refractivity contribution in [1.29, 1.82) is 0 Å². The Bertz CT molecular complexity index is 4380. The van der Waals surface area contributed by atoms with Gasteiger partial charge < -0.3 is 14.7 Å². The maximum Gasteiger partial charge on any atom is 0.252 e. The van der Waals surface area contributed by atoms with Crippen molar-refractivity contribution < 1.29 is 0 Å². The smallest absolute Gasteiger partial charge is 0.252 e. The number of hydrogen-bond donors (Lipinski definition) is 0. The molecule has 3 aliphatic carbocycles. The van der Waals surface area contributed by atoms with Gasteiger partial charge in [0.25, 0.3) is 6.71 Å². The predicted octanol–water partition coefficient (Wildman–Crippen LogP) is 22.9. The fourth-order valence-electron chi connectivity index (χ4n) is 16.8. The van der Waals surface area contributed by atoms with Crippen molar-refractivity contribution in [3.63, 3.8) is 0 Å². The lowest BCUT2D eigenvalue weighted by Crippen LogP contribution is -2.62. The minimum absolute atomic E-state index is 0.00262. The van der Waals surface area contributed by atoms with Crippen LogP contribution in [0.15, 0.2) is 133 Å². The summed E-state index contributed by atoms with van der Waals surface area (Å²) in [6.45, 7) is 53.4. The highest BCUT2D eigenvalue weighted by Gasteiger charge is 2.49. The van der Waals surface area contributed by atoms with E-state index in [0.717, 1.165) is 42.7 Å². The minimum Gasteiger partial charge on any atom is -0.311 e. The van der Waals surface area contributed by atoms with Crippen molar-refractivity contribution >= 4 is 106 Å². The van der Waals surface area contributed by atoms with Gasteiger partial charge in [-0.05, 0) is 244 Å². The lowest BCUT2D eigenvalue weighted by Gasteiger charge is -2.48. The van der Waals surface area contributed by atoms with Gasteiger partial charge in [-0.3, -0.25) is 0 Å². The summed E-state index contributed by atoms with van der Waals surface area (Å²) in [6.07, 6.45) is 6.93. The lowest BCUT2D eigenvalue weighted by atomic mass is 9.33. The van der Waals surface area contributed by atoms with E-state index in [2.05, 4.69) is 300 Å². The van der Waals surface area contributed by atoms with Crippen molar-refractivity contribution in [3.8, 4) is 0 Å². The largest absolute Gasteiger partial charge is 0.311 e. The Hall–Kier alpha value is -6.56. The molecule has 8 aromatic carbocycles. The molecule has 0 fully saturated rings. The van der Waals surface area contributed by atoms with Gasteiger partial charge in [-0.1, -0.05) is 206 Å². The third-order valence-corrected chi connectivity index (χ3v) is 24.3. The van der Waals surface area contributed by atoms with E-state index in [0.29, 0.717) is 0 Å². The molecule has 3 heterocycles. The number of thiophene rings is 1. The molecule has 0 bridgehead atoms. The Morgan fingerprint density at radius 1 is 0.356 bits per heavy atom. The molecule has 0 atom stereocenters. The molecule has 9 aromatic rings. The maximum absolute atomic E-state index is 2.78. The van der Waals surface area contributed by atoms with E-state index >= 15 is 0 Å². The van der Waals surface area contributed by atoms with Gasteiger partial charge in [0.15, 0.2) is 0 Å². The maximum atomic E-state index is 2.78. The molecule has 2 aliphatic heterocycles. The average molecular weight is 1210 g/mol. The van der Waals surface area contributed by atoms with Crippen LogP contribution in [0.3, 0.4) is 0 Å². The molecule has 3 nitrogen and oxygen atoms in total. The number of anilines is 9. The summed E-state index contributed by atoms with van der Waals surface area (Å²) < 4.78 is 2.69. The van der Waals surface area contributed by atoms with Gasteiger partial charge >= 0.3 is 0 Å². The molecular weight excluding hydrogens is 1110 g/mol. The number of aryl methyl sites for hydroxylation is 1. The summed E-state index contributed by atoms with van der Waals surface area (Å²) in [5.41, 5.74) is 29.6. The second kappa shape index (κ2) is 19.7. The molecule has 0 saturated heterocycles. The molecule has 464 valence electrons. The molecule has 0 spiro atoms. The molecule has 90 heavy (non-hydrogen) atoms. The summed E-state index contributed by atoms with van der Waals surface area (Å²) in [7, 11) is 0. The lowest BCUT2D eigenvalue weighted by molar-refractivity contribution is 0.332. The molecular formula is C85H100BN3S. The molecule has 1 aromatic heterocycles. The molecule has 0 radical (unpaired) electrons. The van der Waals surface area contributed by atoms with Gasteiger partial charge in [0.05, 0.1) is 5.69 Å². The quantitative estimate of drug-likeness (QED) is 0.159. The molecule has 14 rings (SSSR count). The van der Waals surface area contributed by atoms with Gasteiger partial charge in [0, 0.05) is 60.3 Å². The third kappa shape index (κ3) is 9.59. The highest BCUT2D eigenvalue weighted by molar-refractivity contribution is 7.26. The zero-order chi connectivity index (χ0) is 64.3. The molecule has 0 amide bonds. The van der Waals surface area contributed by atoms with Crippen molar-refractivity contribution in [2.75, 3.05) is 14.7 Å². The number of benzene rings is 8. The third-order valence-electron chi connectivity index (χ3n) is 23.2. The fourth-order valence-corrected chi connectivity index (χ4v) is 17.9. The summed E-state index contributed by atoms with van der Waals surface area (Å²) >= 11 is 1.97. The van der Waals surface area contributed by atoms with Crippen LogP contribution in [0.1, 0.15) is 240 Å². The van der Waals surface area contributed by atoms with Gasteiger partial charge in [0.2, 0.25) is 0 Å². The SMILES string of the molecule is Cc1cc2c(cc1N1c3cc4sc5cc(C(C)(C)C)ccc5c4cc3B3c4cc5c(cc4N(c4ccc6c(c4)C(C)(C)CCC6(C)C)c4cc(N(c6ccc(C(C)(C)C)cc6)c6ccc(C(C)(C)C)cc6)cc1c43)C(C)(C)CCC5(C)C)C(C)(C)CCC2(C)C. The van der Waals surface area contributed by atoms with Crippen LogP contribution in [0.2, 0.25) is 0 Å². The molecule has 5 aliphatic rings. The van der Waals surface area contributed by atoms with E-state index in [1.807, 2.05) is 11.3 Å². The molecule has 0 unspecified atom stereocenters. The van der Waals surface area contributed by atoms with Crippen LogP contribution in [-0.4, -0.2) is 6.71 Å². The van der Waals surface area contributed by atoms with Crippen LogP contribution in [0.5, 0.6) is 0 Å². The zero-order valence-electron chi connectivity index (χ0n) is 58.8. The molecule has 0 N–H and O–H groups in total. The van der Waals surface area contributed by atoms with E-state index in [4.69, 9.17) is 0 Å². The van der Waals surface area contributed by atoms with E-state index in [1.165, 1.54) is 139 Å². The van der Waals surface area contributed by atoms with Crippen LogP contribution in [0.4, 0.5) is 51.2 Å². The second-order valence-corrected chi connectivity index (χ2v) is 36.7. The van der Waals surface area contributed by atoms with Gasteiger partial charge in [0.1, 0.15) is 0 Å². The van der Waals surface area contributed by atoms with E-state index in [1.54, 1.807) is 0 Å². The Morgan fingerprint density at radius 3 is 1.28 bits per heavy atom. The van der Waals surface area contributed by atoms with Crippen LogP contribution in [-0.2, 0) is 48.7 Å². The summed E-state index contributed by atoms with van der Waals surface area (Å²) in [6, 6.07) is 55.3. The van der Waals surface area contributed by atoms with Crippen LogP contribution in [0.25, 0.3) is 20.2 Å². The van der Waals surface area contributed by atoms with Gasteiger partial charge in [-0.15, -0.1) is 11.3 Å². The van der Waals surface area contributed by atoms with E-state index in [-0.39, 0.29) is 55.4 Å². The Labute approximate surface area is 545 Å². The molecule has 0 saturated carbocycles. The normalized spacial score (nSPS) is 19.0. The van der Waals surface area contributed by atoms with Gasteiger partial charge in [-0.25, -0.2) is 0 Å². The van der Waals surface area contributed by atoms with Crippen LogP contribution >= 0.6 is 11.3 Å². The van der Waals surface area contributed by atoms with Crippen molar-refractivity contribution in [2.45, 2.75) is 240 Å². The number of fused-ring (bicyclic) bond motifs is 10. The number of rotatable bonds is 5. The minimum atomic E-state index is -0.0761. The van der Waals surface area contributed by atoms with Crippen molar-refractivity contribution in [2.24, 2.45) is 0 Å². The summed E-state index contributed by atoms with van der Waals surface area (Å²) in [5.74, 6) is 0. The number of nitrogens with zero attached hydrogens (tertiary/aromatic N) is 3. The predicted molar refractivity (Wildman–Crippen MR) is 395 cm³/mol. The standard InChI is InChI=1S/C85H100BN3S/c1-51-41-62-65(84(19,20)39-37-81(62,13)14)48-69(51)89-71-50-75-60(59-33-27-54(79(8,9)10)42-74(59)90-75)46-67(71)86-68-47-64-66(85(21,22)40-38-83(64,17)18)49-70(68)88(57-32-34-61-63(43-57)82(15,16)36-35-80(61,11)12)72-44-58(45-73(89)76(72)86)87(55-28-23-52(24-29-55)77(2,3)4)56-30-25-53(26-31-56)78(5,6)7/h23-34,41-50H,35-40H2,1-22H3. The number of hydrogen-bond acceptors (Lipinski definition) is 4. The fraction of sp³-hybridized carbons (Fsp3) is 0.435. The van der Waals surface area contributed by atoms with E-state index in [9.17, 15) is 0 Å². The zero-order valence-corrected chi connectivity index (χ0v) is 59.6. The monoisotopic (exact) mass is 1210 g/mol. The van der Waals surface area contributed by atoms with Crippen molar-refractivity contribution in [1.82, 2.24) is 0 Å². The van der Waals surface area contributed by atoms with E-state index < -0.39 is 0 Å². The first-order valence-corrected chi connectivity index (χ1v) is 35.0. The highest BCUT2D eigenvalue weighted by atomic mass is 32.1. The van der Waals surface area contributed by atoms with Crippen LogP contribution in [0, 0.1) is 6.92 Å². The Balaban J connectivity index is 1.17. The highest BCUT2D eigenvalue weighted by Crippen LogP contribution is 2.57. The molecule has 5 heteroatoms. The first kappa shape index (κ1) is 61.0. The van der Waals surface area contributed by atoms with Crippen LogP contribution < -0.4 is 31.1 Å². The summed E-state index contributed by atoms with van der Waals surface area (Å²) in [5, 5.41) is 2.70. The Kier molecular flexibility index (Phi) is 13.4. The van der Waals surface area contributed by atoms with Gasteiger partial charge in [-0.2, -0.15) is 0 Å². The Morgan fingerprint density at radius 2 is 0.767 bits per heavy atom. The first-order valence-electron chi connectivity index (χ1n) is 34.1. The summed E-state index contributed by atoms with van der Waals surface area (Å²) in [4.78, 5) is 8.13. The average Bonchev–Trinajstić information content (AvgIpc) is 0.812. The first-order chi connectivity index (χ1) is 41.8.